The van der Waals surface area contributed by atoms with Crippen LogP contribution in [0, 0.1) is 0 Å². The van der Waals surface area contributed by atoms with Crippen LogP contribution >= 0.6 is 0 Å². The number of H-pyrrole nitrogens is 1. The molecule has 0 bridgehead atoms. The largest absolute Gasteiger partial charge is 0.302 e. The molecule has 0 unspecified atom stereocenters. The van der Waals surface area contributed by atoms with Crippen molar-refractivity contribution >= 4 is 0 Å². The third-order valence-electron chi connectivity index (χ3n) is 2.53. The molecule has 3 heteroatoms. The van der Waals surface area contributed by atoms with Gasteiger partial charge in [0.25, 0.3) is 5.56 Å². The Morgan fingerprint density at radius 1 is 1.12 bits per heavy atom. The van der Waals surface area contributed by atoms with E-state index in [2.05, 4.69) is 5.10 Å². The summed E-state index contributed by atoms with van der Waals surface area (Å²) in [6, 6.07) is 9.69. The number of aromatic amines is 1. The Bertz CT molecular complexity index is 529. The molecule has 16 heavy (non-hydrogen) atoms. The van der Waals surface area contributed by atoms with Crippen LogP contribution in [0.2, 0.25) is 0 Å². The van der Waals surface area contributed by atoms with Crippen molar-refractivity contribution in [2.24, 2.45) is 0 Å². The SMILES string of the molecule is CC(C)(C)n1[nH]cc(-c2ccccc2)c1=O. The lowest BCUT2D eigenvalue weighted by Crippen LogP contribution is -2.32. The smallest absolute Gasteiger partial charge is 0.274 e. The van der Waals surface area contributed by atoms with Crippen LogP contribution in [-0.4, -0.2) is 9.78 Å². The summed E-state index contributed by atoms with van der Waals surface area (Å²) >= 11 is 0. The van der Waals surface area contributed by atoms with E-state index in [1.54, 1.807) is 10.9 Å². The first-order valence-electron chi connectivity index (χ1n) is 5.36. The van der Waals surface area contributed by atoms with E-state index in [-0.39, 0.29) is 11.1 Å². The van der Waals surface area contributed by atoms with Gasteiger partial charge in [0.15, 0.2) is 0 Å². The Kier molecular flexibility index (Phi) is 2.46. The minimum absolute atomic E-state index is 0.0266. The van der Waals surface area contributed by atoms with E-state index in [0.717, 1.165) is 11.1 Å². The lowest BCUT2D eigenvalue weighted by atomic mass is 10.1. The van der Waals surface area contributed by atoms with Gasteiger partial charge in [0.1, 0.15) is 0 Å². The molecule has 1 heterocycles. The van der Waals surface area contributed by atoms with Crippen molar-refractivity contribution in [3.8, 4) is 11.1 Å². The minimum Gasteiger partial charge on any atom is -0.302 e. The number of nitrogens with zero attached hydrogens (tertiary/aromatic N) is 1. The molecule has 0 aliphatic carbocycles. The van der Waals surface area contributed by atoms with Crippen LogP contribution in [0.4, 0.5) is 0 Å². The average molecular weight is 216 g/mol. The Labute approximate surface area is 94.7 Å². The van der Waals surface area contributed by atoms with Crippen LogP contribution in [0.1, 0.15) is 20.8 Å². The van der Waals surface area contributed by atoms with E-state index in [1.807, 2.05) is 51.1 Å². The summed E-state index contributed by atoms with van der Waals surface area (Å²) < 4.78 is 1.65. The third-order valence-corrected chi connectivity index (χ3v) is 2.53. The molecule has 2 rings (SSSR count). The lowest BCUT2D eigenvalue weighted by Gasteiger charge is -2.18. The molecule has 1 N–H and O–H groups in total. The highest BCUT2D eigenvalue weighted by molar-refractivity contribution is 5.61. The molecule has 0 atom stereocenters. The van der Waals surface area contributed by atoms with E-state index in [1.165, 1.54) is 0 Å². The molecule has 0 amide bonds. The first-order chi connectivity index (χ1) is 7.50. The molecule has 0 saturated heterocycles. The number of aromatic nitrogens is 2. The predicted molar refractivity (Wildman–Crippen MR) is 65.5 cm³/mol. The molecule has 0 radical (unpaired) electrons. The first-order valence-corrected chi connectivity index (χ1v) is 5.36. The standard InChI is InChI=1S/C13H16N2O/c1-13(2,3)15-12(16)11(9-14-15)10-7-5-4-6-8-10/h4-9,14H,1-3H3. The second kappa shape index (κ2) is 3.67. The molecule has 1 aromatic heterocycles. The monoisotopic (exact) mass is 216 g/mol. The normalized spacial score (nSPS) is 11.7. The van der Waals surface area contributed by atoms with Gasteiger partial charge < -0.3 is 5.10 Å². The molecule has 0 fully saturated rings. The van der Waals surface area contributed by atoms with Crippen molar-refractivity contribution in [3.05, 3.63) is 46.9 Å². The Morgan fingerprint density at radius 2 is 1.75 bits per heavy atom. The Balaban J connectivity index is 2.55. The molecule has 0 saturated carbocycles. The van der Waals surface area contributed by atoms with Gasteiger partial charge in [0.05, 0.1) is 11.1 Å². The number of rotatable bonds is 1. The molecule has 1 aromatic carbocycles. The van der Waals surface area contributed by atoms with Crippen molar-refractivity contribution in [2.45, 2.75) is 26.3 Å². The Hall–Kier alpha value is -1.77. The zero-order valence-corrected chi connectivity index (χ0v) is 9.82. The summed E-state index contributed by atoms with van der Waals surface area (Å²) in [6.07, 6.45) is 1.77. The molecule has 0 aliphatic rings. The summed E-state index contributed by atoms with van der Waals surface area (Å²) in [4.78, 5) is 12.1. The lowest BCUT2D eigenvalue weighted by molar-refractivity contribution is 0.346. The van der Waals surface area contributed by atoms with Crippen molar-refractivity contribution in [2.75, 3.05) is 0 Å². The fraction of sp³-hybridized carbons (Fsp3) is 0.308. The van der Waals surface area contributed by atoms with Crippen LogP contribution < -0.4 is 5.56 Å². The zero-order chi connectivity index (χ0) is 11.8. The Morgan fingerprint density at radius 3 is 2.25 bits per heavy atom. The van der Waals surface area contributed by atoms with Gasteiger partial charge in [0.2, 0.25) is 0 Å². The van der Waals surface area contributed by atoms with Crippen molar-refractivity contribution < 1.29 is 0 Å². The van der Waals surface area contributed by atoms with Crippen LogP contribution in [-0.2, 0) is 5.54 Å². The maximum absolute atomic E-state index is 12.1. The number of hydrogen-bond acceptors (Lipinski definition) is 1. The van der Waals surface area contributed by atoms with E-state index >= 15 is 0 Å². The predicted octanol–water partition coefficient (Wildman–Crippen LogP) is 2.60. The number of nitrogens with one attached hydrogen (secondary N) is 1. The highest BCUT2D eigenvalue weighted by Gasteiger charge is 2.18. The van der Waals surface area contributed by atoms with Crippen LogP contribution in [0.25, 0.3) is 11.1 Å². The first kappa shape index (κ1) is 10.7. The molecule has 84 valence electrons. The zero-order valence-electron chi connectivity index (χ0n) is 9.82. The van der Waals surface area contributed by atoms with Crippen molar-refractivity contribution in [1.29, 1.82) is 0 Å². The van der Waals surface area contributed by atoms with E-state index in [4.69, 9.17) is 0 Å². The van der Waals surface area contributed by atoms with Gasteiger partial charge in [-0.1, -0.05) is 30.3 Å². The van der Waals surface area contributed by atoms with Crippen LogP contribution in [0.15, 0.2) is 41.3 Å². The van der Waals surface area contributed by atoms with Gasteiger partial charge in [-0.2, -0.15) is 0 Å². The van der Waals surface area contributed by atoms with Crippen LogP contribution in [0.5, 0.6) is 0 Å². The van der Waals surface area contributed by atoms with Crippen molar-refractivity contribution in [1.82, 2.24) is 9.78 Å². The fourth-order valence-corrected chi connectivity index (χ4v) is 1.69. The highest BCUT2D eigenvalue weighted by Crippen LogP contribution is 2.16. The highest BCUT2D eigenvalue weighted by atomic mass is 16.1. The van der Waals surface area contributed by atoms with Crippen molar-refractivity contribution in [3.63, 3.8) is 0 Å². The quantitative estimate of drug-likeness (QED) is 0.781. The maximum atomic E-state index is 12.1. The average Bonchev–Trinajstić information content (AvgIpc) is 2.61. The van der Waals surface area contributed by atoms with Gasteiger partial charge in [-0.05, 0) is 26.3 Å². The van der Waals surface area contributed by atoms with E-state index in [0.29, 0.717) is 0 Å². The maximum Gasteiger partial charge on any atom is 0.274 e. The number of benzene rings is 1. The molecule has 2 aromatic rings. The fourth-order valence-electron chi connectivity index (χ4n) is 1.69. The van der Waals surface area contributed by atoms with Gasteiger partial charge in [-0.15, -0.1) is 0 Å². The second-order valence-corrected chi connectivity index (χ2v) is 4.86. The third kappa shape index (κ3) is 1.81. The summed E-state index contributed by atoms with van der Waals surface area (Å²) in [7, 11) is 0. The van der Waals surface area contributed by atoms with Gasteiger partial charge in [-0.3, -0.25) is 4.79 Å². The molecular weight excluding hydrogens is 200 g/mol. The summed E-state index contributed by atoms with van der Waals surface area (Å²) in [5, 5.41) is 3.02. The van der Waals surface area contributed by atoms with Crippen LogP contribution in [0.3, 0.4) is 0 Å². The molecule has 3 nitrogen and oxygen atoms in total. The van der Waals surface area contributed by atoms with E-state index in [9.17, 15) is 4.79 Å². The van der Waals surface area contributed by atoms with Gasteiger partial charge >= 0.3 is 0 Å². The number of hydrogen-bond donors (Lipinski definition) is 1. The van der Waals surface area contributed by atoms with E-state index < -0.39 is 0 Å². The summed E-state index contributed by atoms with van der Waals surface area (Å²) in [5.74, 6) is 0. The minimum atomic E-state index is -0.218. The molecule has 0 spiro atoms. The van der Waals surface area contributed by atoms with Gasteiger partial charge in [0, 0.05) is 6.20 Å². The second-order valence-electron chi connectivity index (χ2n) is 4.86. The summed E-state index contributed by atoms with van der Waals surface area (Å²) in [5.41, 5.74) is 1.48. The van der Waals surface area contributed by atoms with Gasteiger partial charge in [-0.25, -0.2) is 4.68 Å². The summed E-state index contributed by atoms with van der Waals surface area (Å²) in [6.45, 7) is 6.00. The molecule has 0 aliphatic heterocycles. The topological polar surface area (TPSA) is 37.8 Å². The molecular formula is C13H16N2O.